The van der Waals surface area contributed by atoms with Crippen molar-refractivity contribution in [2.24, 2.45) is 0 Å². The predicted octanol–water partition coefficient (Wildman–Crippen LogP) is 3.48. The predicted molar refractivity (Wildman–Crippen MR) is 78.7 cm³/mol. The molecule has 0 spiro atoms. The number of hydrogen-bond acceptors (Lipinski definition) is 2. The molecule has 1 aromatic carbocycles. The fourth-order valence-corrected chi connectivity index (χ4v) is 2.35. The lowest BCUT2D eigenvalue weighted by Gasteiger charge is -2.19. The normalized spacial score (nSPS) is 11.7. The highest BCUT2D eigenvalue weighted by atomic mass is 16.4. The number of nitrogens with zero attached hydrogens (tertiary/aromatic N) is 2. The van der Waals surface area contributed by atoms with E-state index in [1.165, 1.54) is 5.56 Å². The first kappa shape index (κ1) is 14.3. The van der Waals surface area contributed by atoms with E-state index in [-0.39, 0.29) is 11.1 Å². The molecule has 0 bridgehead atoms. The summed E-state index contributed by atoms with van der Waals surface area (Å²) in [7, 11) is 0. The van der Waals surface area contributed by atoms with Gasteiger partial charge >= 0.3 is 5.97 Å². The van der Waals surface area contributed by atoms with E-state index >= 15 is 0 Å². The summed E-state index contributed by atoms with van der Waals surface area (Å²) in [5, 5.41) is 9.34. The van der Waals surface area contributed by atoms with Gasteiger partial charge in [-0.2, -0.15) is 0 Å². The van der Waals surface area contributed by atoms with Crippen molar-refractivity contribution in [1.29, 1.82) is 0 Å². The van der Waals surface area contributed by atoms with Gasteiger partial charge in [-0.1, -0.05) is 32.9 Å². The molecule has 1 aromatic heterocycles. The maximum absolute atomic E-state index is 11.4. The van der Waals surface area contributed by atoms with Crippen LogP contribution in [0.5, 0.6) is 0 Å². The third-order valence-corrected chi connectivity index (χ3v) is 3.41. The average Bonchev–Trinajstić information content (AvgIpc) is 2.63. The molecule has 4 nitrogen and oxygen atoms in total. The summed E-state index contributed by atoms with van der Waals surface area (Å²) >= 11 is 0. The van der Waals surface area contributed by atoms with Gasteiger partial charge in [0.05, 0.1) is 5.69 Å². The van der Waals surface area contributed by atoms with Crippen molar-refractivity contribution >= 4 is 5.97 Å². The van der Waals surface area contributed by atoms with Crippen LogP contribution in [0.4, 0.5) is 0 Å². The third-order valence-electron chi connectivity index (χ3n) is 3.41. The molecule has 4 heteroatoms. The van der Waals surface area contributed by atoms with Crippen LogP contribution in [0, 0.1) is 13.8 Å². The molecule has 0 radical (unpaired) electrons. The molecule has 1 heterocycles. The molecule has 0 amide bonds. The van der Waals surface area contributed by atoms with Gasteiger partial charge in [-0.3, -0.25) is 4.57 Å². The number of aromatic carboxylic acids is 1. The molecule has 0 atom stereocenters. The van der Waals surface area contributed by atoms with Gasteiger partial charge in [-0.15, -0.1) is 0 Å². The number of imidazole rings is 1. The highest BCUT2D eigenvalue weighted by Crippen LogP contribution is 2.25. The lowest BCUT2D eigenvalue weighted by atomic mass is 9.87. The van der Waals surface area contributed by atoms with Crippen LogP contribution in [0.1, 0.15) is 48.3 Å². The second-order valence-corrected chi connectivity index (χ2v) is 6.03. The summed E-state index contributed by atoms with van der Waals surface area (Å²) in [4.78, 5) is 15.7. The Morgan fingerprint density at radius 3 is 2.15 bits per heavy atom. The van der Waals surface area contributed by atoms with Crippen LogP contribution in [0.3, 0.4) is 0 Å². The molecule has 0 aliphatic rings. The van der Waals surface area contributed by atoms with Crippen molar-refractivity contribution in [3.8, 4) is 5.69 Å². The molecule has 0 unspecified atom stereocenters. The highest BCUT2D eigenvalue weighted by Gasteiger charge is 2.20. The van der Waals surface area contributed by atoms with Crippen LogP contribution < -0.4 is 0 Å². The van der Waals surface area contributed by atoms with Gasteiger partial charge in [0.15, 0.2) is 5.69 Å². The smallest absolute Gasteiger partial charge is 0.354 e. The topological polar surface area (TPSA) is 55.1 Å². The zero-order valence-electron chi connectivity index (χ0n) is 12.6. The van der Waals surface area contributed by atoms with Gasteiger partial charge in [0.25, 0.3) is 0 Å². The van der Waals surface area contributed by atoms with Crippen LogP contribution in [-0.2, 0) is 5.41 Å². The number of benzene rings is 1. The van der Waals surface area contributed by atoms with E-state index in [0.29, 0.717) is 11.5 Å². The van der Waals surface area contributed by atoms with Crippen molar-refractivity contribution in [2.45, 2.75) is 40.0 Å². The largest absolute Gasteiger partial charge is 0.477 e. The lowest BCUT2D eigenvalue weighted by Crippen LogP contribution is -2.12. The number of aryl methyl sites for hydroxylation is 2. The first-order chi connectivity index (χ1) is 9.21. The highest BCUT2D eigenvalue weighted by molar-refractivity contribution is 5.88. The average molecular weight is 272 g/mol. The number of hydrogen-bond donors (Lipinski definition) is 1. The second kappa shape index (κ2) is 4.78. The molecule has 0 saturated carbocycles. The Morgan fingerprint density at radius 1 is 1.15 bits per heavy atom. The number of carbonyl (C=O) groups is 1. The first-order valence-corrected chi connectivity index (χ1v) is 6.62. The number of aromatic nitrogens is 2. The van der Waals surface area contributed by atoms with Crippen molar-refractivity contribution in [3.63, 3.8) is 0 Å². The van der Waals surface area contributed by atoms with Crippen LogP contribution >= 0.6 is 0 Å². The lowest BCUT2D eigenvalue weighted by molar-refractivity contribution is 0.0687. The summed E-state index contributed by atoms with van der Waals surface area (Å²) in [6.45, 7) is 9.99. The maximum Gasteiger partial charge on any atom is 0.354 e. The van der Waals surface area contributed by atoms with Crippen molar-refractivity contribution in [3.05, 3.63) is 47.0 Å². The number of carboxylic acid groups (broad SMARTS) is 1. The minimum atomic E-state index is -0.956. The van der Waals surface area contributed by atoms with Gasteiger partial charge < -0.3 is 5.11 Å². The van der Waals surface area contributed by atoms with Gasteiger partial charge in [0, 0.05) is 5.69 Å². The van der Waals surface area contributed by atoms with E-state index in [9.17, 15) is 9.90 Å². The molecule has 2 aromatic rings. The van der Waals surface area contributed by atoms with Gasteiger partial charge in [-0.25, -0.2) is 9.78 Å². The van der Waals surface area contributed by atoms with E-state index in [2.05, 4.69) is 25.8 Å². The molecule has 2 rings (SSSR count). The Hall–Kier alpha value is -2.10. The Kier molecular flexibility index (Phi) is 3.42. The van der Waals surface area contributed by atoms with Gasteiger partial charge in [-0.05, 0) is 37.0 Å². The fraction of sp³-hybridized carbons (Fsp3) is 0.375. The quantitative estimate of drug-likeness (QED) is 0.910. The molecule has 0 aliphatic heterocycles. The maximum atomic E-state index is 11.4. The first-order valence-electron chi connectivity index (χ1n) is 6.62. The van der Waals surface area contributed by atoms with Crippen molar-refractivity contribution < 1.29 is 9.90 Å². The zero-order valence-corrected chi connectivity index (χ0v) is 12.6. The molecule has 20 heavy (non-hydrogen) atoms. The molecular formula is C16H20N2O2. The zero-order chi connectivity index (χ0) is 15.1. The molecule has 0 aliphatic carbocycles. The minimum absolute atomic E-state index is 0.0774. The van der Waals surface area contributed by atoms with E-state index < -0.39 is 5.97 Å². The van der Waals surface area contributed by atoms with Gasteiger partial charge in [0.2, 0.25) is 0 Å². The molecule has 0 saturated heterocycles. The molecule has 0 fully saturated rings. The Labute approximate surface area is 119 Å². The van der Waals surface area contributed by atoms with Crippen LogP contribution in [0.2, 0.25) is 0 Å². The monoisotopic (exact) mass is 272 g/mol. The molecule has 1 N–H and O–H groups in total. The molecular weight excluding hydrogens is 252 g/mol. The fourth-order valence-electron chi connectivity index (χ4n) is 2.35. The standard InChI is InChI=1S/C16H20N2O2/c1-10-14(15(19)20)18(11(2)17-10)13-8-6-12(7-9-13)16(3,4)5/h6-9H,1-5H3,(H,19,20). The summed E-state index contributed by atoms with van der Waals surface area (Å²) in [5.74, 6) is -0.272. The third kappa shape index (κ3) is 2.46. The summed E-state index contributed by atoms with van der Waals surface area (Å²) in [5.41, 5.74) is 2.88. The van der Waals surface area contributed by atoms with Crippen LogP contribution in [-0.4, -0.2) is 20.6 Å². The Bertz CT molecular complexity index is 646. The molecule has 106 valence electrons. The van der Waals surface area contributed by atoms with Crippen LogP contribution in [0.25, 0.3) is 5.69 Å². The SMILES string of the molecule is Cc1nc(C)n(-c2ccc(C(C)(C)C)cc2)c1C(=O)O. The van der Waals surface area contributed by atoms with Crippen LogP contribution in [0.15, 0.2) is 24.3 Å². The van der Waals surface area contributed by atoms with E-state index in [1.807, 2.05) is 31.2 Å². The van der Waals surface area contributed by atoms with E-state index in [1.54, 1.807) is 11.5 Å². The summed E-state index contributed by atoms with van der Waals surface area (Å²) < 4.78 is 1.68. The Morgan fingerprint density at radius 2 is 1.70 bits per heavy atom. The van der Waals surface area contributed by atoms with E-state index in [0.717, 1.165) is 5.69 Å². The summed E-state index contributed by atoms with van der Waals surface area (Å²) in [6, 6.07) is 7.97. The number of carboxylic acids is 1. The van der Waals surface area contributed by atoms with Crippen molar-refractivity contribution in [2.75, 3.05) is 0 Å². The number of rotatable bonds is 2. The Balaban J connectivity index is 2.55. The minimum Gasteiger partial charge on any atom is -0.477 e. The van der Waals surface area contributed by atoms with Crippen molar-refractivity contribution in [1.82, 2.24) is 9.55 Å². The van der Waals surface area contributed by atoms with Gasteiger partial charge in [0.1, 0.15) is 5.82 Å². The summed E-state index contributed by atoms with van der Waals surface area (Å²) in [6.07, 6.45) is 0. The van der Waals surface area contributed by atoms with E-state index in [4.69, 9.17) is 0 Å². The second-order valence-electron chi connectivity index (χ2n) is 6.03.